The van der Waals surface area contributed by atoms with Gasteiger partial charge in [0.1, 0.15) is 0 Å². The second-order valence-electron chi connectivity index (χ2n) is 5.11. The van der Waals surface area contributed by atoms with E-state index in [-0.39, 0.29) is 0 Å². The molecule has 0 aliphatic carbocycles. The monoisotopic (exact) mass is 313 g/mol. The summed E-state index contributed by atoms with van der Waals surface area (Å²) in [5.74, 6) is 1.81. The fraction of sp³-hybridized carbons (Fsp3) is 0.278. The molecule has 0 saturated heterocycles. The molecular weight excluding hydrogens is 290 g/mol. The first kappa shape index (κ1) is 16.7. The smallest absolute Gasteiger partial charge is 0.193 e. The number of benzene rings is 2. The van der Waals surface area contributed by atoms with Gasteiger partial charge in [-0.2, -0.15) is 0 Å². The van der Waals surface area contributed by atoms with Gasteiger partial charge in [-0.25, -0.2) is 4.99 Å². The number of anilines is 1. The van der Waals surface area contributed by atoms with Crippen LogP contribution in [0.25, 0.3) is 0 Å². The Hall–Kier alpha value is -2.69. The molecule has 0 saturated carbocycles. The number of ether oxygens (including phenoxy) is 2. The van der Waals surface area contributed by atoms with Crippen molar-refractivity contribution in [3.63, 3.8) is 0 Å². The van der Waals surface area contributed by atoms with Gasteiger partial charge >= 0.3 is 0 Å². The Bertz CT molecular complexity index is 666. The number of rotatable bonds is 6. The molecule has 0 aliphatic heterocycles. The largest absolute Gasteiger partial charge is 0.493 e. The number of aliphatic imine (C=N–C) groups is 1. The summed E-state index contributed by atoms with van der Waals surface area (Å²) in [5, 5.41) is 3.07. The third-order valence-corrected chi connectivity index (χ3v) is 3.28. The van der Waals surface area contributed by atoms with Crippen molar-refractivity contribution in [1.82, 2.24) is 0 Å². The molecule has 0 unspecified atom stereocenters. The van der Waals surface area contributed by atoms with E-state index in [1.54, 1.807) is 7.11 Å². The van der Waals surface area contributed by atoms with Gasteiger partial charge in [-0.05, 0) is 43.7 Å². The van der Waals surface area contributed by atoms with Crippen LogP contribution in [0.15, 0.2) is 47.5 Å². The molecule has 0 heterocycles. The summed E-state index contributed by atoms with van der Waals surface area (Å²) < 4.78 is 10.8. The van der Waals surface area contributed by atoms with E-state index < -0.39 is 0 Å². The van der Waals surface area contributed by atoms with Gasteiger partial charge in [0.2, 0.25) is 0 Å². The molecule has 5 nitrogen and oxygen atoms in total. The molecule has 2 aromatic carbocycles. The lowest BCUT2D eigenvalue weighted by Gasteiger charge is -2.10. The number of nitrogens with two attached hydrogens (primary N) is 1. The van der Waals surface area contributed by atoms with E-state index in [0.29, 0.717) is 30.6 Å². The molecule has 0 radical (unpaired) electrons. The Morgan fingerprint density at radius 1 is 1.13 bits per heavy atom. The van der Waals surface area contributed by atoms with Crippen LogP contribution in [0.2, 0.25) is 0 Å². The van der Waals surface area contributed by atoms with Crippen LogP contribution in [0.5, 0.6) is 11.5 Å². The lowest BCUT2D eigenvalue weighted by molar-refractivity contribution is 0.310. The molecule has 5 heteroatoms. The summed E-state index contributed by atoms with van der Waals surface area (Å²) in [5.41, 5.74) is 9.05. The molecule has 0 fully saturated rings. The van der Waals surface area contributed by atoms with Crippen molar-refractivity contribution in [2.75, 3.05) is 19.0 Å². The van der Waals surface area contributed by atoms with Crippen molar-refractivity contribution in [2.45, 2.75) is 20.4 Å². The minimum absolute atomic E-state index is 0.377. The molecule has 0 aromatic heterocycles. The van der Waals surface area contributed by atoms with Crippen LogP contribution in [0, 0.1) is 6.92 Å². The molecule has 0 atom stereocenters. The number of hydrogen-bond donors (Lipinski definition) is 2. The molecule has 0 spiro atoms. The van der Waals surface area contributed by atoms with Crippen molar-refractivity contribution in [3.05, 3.63) is 53.6 Å². The van der Waals surface area contributed by atoms with Crippen LogP contribution in [0.4, 0.5) is 5.69 Å². The van der Waals surface area contributed by atoms with Gasteiger partial charge < -0.3 is 20.5 Å². The summed E-state index contributed by atoms with van der Waals surface area (Å²) in [7, 11) is 1.62. The van der Waals surface area contributed by atoms with E-state index in [2.05, 4.69) is 10.3 Å². The Labute approximate surface area is 137 Å². The number of nitrogens with one attached hydrogen (secondary N) is 1. The van der Waals surface area contributed by atoms with E-state index in [9.17, 15) is 0 Å². The average molecular weight is 313 g/mol. The zero-order chi connectivity index (χ0) is 16.7. The van der Waals surface area contributed by atoms with Crippen LogP contribution >= 0.6 is 0 Å². The lowest BCUT2D eigenvalue weighted by atomic mass is 10.2. The molecule has 122 valence electrons. The molecule has 23 heavy (non-hydrogen) atoms. The van der Waals surface area contributed by atoms with Crippen LogP contribution in [0.3, 0.4) is 0 Å². The molecule has 3 N–H and O–H groups in total. The van der Waals surface area contributed by atoms with Gasteiger partial charge in [0.25, 0.3) is 0 Å². The quantitative estimate of drug-likeness (QED) is 0.634. The van der Waals surface area contributed by atoms with Crippen molar-refractivity contribution in [3.8, 4) is 11.5 Å². The van der Waals surface area contributed by atoms with E-state index >= 15 is 0 Å². The predicted octanol–water partition coefficient (Wildman–Crippen LogP) is 3.33. The highest BCUT2D eigenvalue weighted by molar-refractivity contribution is 5.92. The third-order valence-electron chi connectivity index (χ3n) is 3.28. The van der Waals surface area contributed by atoms with E-state index in [4.69, 9.17) is 15.2 Å². The van der Waals surface area contributed by atoms with Gasteiger partial charge in [-0.15, -0.1) is 0 Å². The summed E-state index contributed by atoms with van der Waals surface area (Å²) >= 11 is 0. The minimum Gasteiger partial charge on any atom is -0.493 e. The van der Waals surface area contributed by atoms with Crippen molar-refractivity contribution in [2.24, 2.45) is 10.7 Å². The number of nitrogens with zero attached hydrogens (tertiary/aromatic N) is 1. The van der Waals surface area contributed by atoms with Gasteiger partial charge in [0.05, 0.1) is 20.3 Å². The van der Waals surface area contributed by atoms with Crippen LogP contribution < -0.4 is 20.5 Å². The number of hydrogen-bond acceptors (Lipinski definition) is 3. The van der Waals surface area contributed by atoms with E-state index in [1.807, 2.05) is 56.3 Å². The molecule has 0 bridgehead atoms. The van der Waals surface area contributed by atoms with Crippen molar-refractivity contribution < 1.29 is 9.47 Å². The van der Waals surface area contributed by atoms with E-state index in [1.165, 1.54) is 5.56 Å². The fourth-order valence-corrected chi connectivity index (χ4v) is 2.09. The highest BCUT2D eigenvalue weighted by atomic mass is 16.5. The minimum atomic E-state index is 0.377. The second-order valence-corrected chi connectivity index (χ2v) is 5.11. The topological polar surface area (TPSA) is 68.9 Å². The molecule has 0 aliphatic rings. The number of methoxy groups -OCH3 is 1. The van der Waals surface area contributed by atoms with Crippen molar-refractivity contribution in [1.29, 1.82) is 0 Å². The fourth-order valence-electron chi connectivity index (χ4n) is 2.09. The Morgan fingerprint density at radius 3 is 2.52 bits per heavy atom. The summed E-state index contributed by atoms with van der Waals surface area (Å²) in [6.07, 6.45) is 0. The van der Waals surface area contributed by atoms with Crippen LogP contribution in [-0.4, -0.2) is 19.7 Å². The maximum atomic E-state index is 5.93. The zero-order valence-corrected chi connectivity index (χ0v) is 13.8. The zero-order valence-electron chi connectivity index (χ0n) is 13.8. The number of aryl methyl sites for hydroxylation is 1. The van der Waals surface area contributed by atoms with Gasteiger partial charge in [-0.1, -0.05) is 23.8 Å². The SMILES string of the molecule is CCOc1cc(CN=C(N)Nc2ccc(C)cc2)ccc1OC. The first-order chi connectivity index (χ1) is 11.1. The maximum absolute atomic E-state index is 5.93. The summed E-state index contributed by atoms with van der Waals surface area (Å²) in [6.45, 7) is 5.03. The Morgan fingerprint density at radius 2 is 1.87 bits per heavy atom. The normalized spacial score (nSPS) is 11.2. The summed E-state index contributed by atoms with van der Waals surface area (Å²) in [6, 6.07) is 13.7. The van der Waals surface area contributed by atoms with Gasteiger partial charge in [0.15, 0.2) is 17.5 Å². The van der Waals surface area contributed by atoms with Gasteiger partial charge in [-0.3, -0.25) is 0 Å². The molecule has 2 rings (SSSR count). The number of guanidine groups is 1. The van der Waals surface area contributed by atoms with Crippen LogP contribution in [0.1, 0.15) is 18.1 Å². The lowest BCUT2D eigenvalue weighted by Crippen LogP contribution is -2.22. The van der Waals surface area contributed by atoms with Gasteiger partial charge in [0, 0.05) is 5.69 Å². The third kappa shape index (κ3) is 4.92. The van der Waals surface area contributed by atoms with Crippen LogP contribution in [-0.2, 0) is 6.54 Å². The highest BCUT2D eigenvalue weighted by Gasteiger charge is 2.05. The standard InChI is InChI=1S/C18H23N3O2/c1-4-23-17-11-14(7-10-16(17)22-3)12-20-18(19)21-15-8-5-13(2)6-9-15/h5-11H,4,12H2,1-3H3,(H3,19,20,21). The Balaban J connectivity index is 2.03. The molecule has 0 amide bonds. The first-order valence-electron chi connectivity index (χ1n) is 7.55. The first-order valence-corrected chi connectivity index (χ1v) is 7.55. The van der Waals surface area contributed by atoms with E-state index in [0.717, 1.165) is 11.3 Å². The summed E-state index contributed by atoms with van der Waals surface area (Å²) in [4.78, 5) is 4.36. The second kappa shape index (κ2) is 8.08. The molecule has 2 aromatic rings. The highest BCUT2D eigenvalue weighted by Crippen LogP contribution is 2.28. The maximum Gasteiger partial charge on any atom is 0.193 e. The van der Waals surface area contributed by atoms with Crippen molar-refractivity contribution >= 4 is 11.6 Å². The molecular formula is C18H23N3O2. The average Bonchev–Trinajstić information content (AvgIpc) is 2.56. The Kier molecular flexibility index (Phi) is 5.86. The predicted molar refractivity (Wildman–Crippen MR) is 94.3 cm³/mol.